The van der Waals surface area contributed by atoms with Crippen molar-refractivity contribution in [1.82, 2.24) is 15.1 Å². The highest BCUT2D eigenvalue weighted by Crippen LogP contribution is 2.30. The summed E-state index contributed by atoms with van der Waals surface area (Å²) in [6.07, 6.45) is 11.1. The molecule has 1 saturated carbocycles. The van der Waals surface area contributed by atoms with E-state index in [-0.39, 0.29) is 0 Å². The Morgan fingerprint density at radius 3 is 2.81 bits per heavy atom. The Kier molecular flexibility index (Phi) is 6.46. The molecule has 1 aliphatic rings. The summed E-state index contributed by atoms with van der Waals surface area (Å²) in [7, 11) is 3.75. The van der Waals surface area contributed by atoms with E-state index in [4.69, 9.17) is 4.74 Å². The summed E-state index contributed by atoms with van der Waals surface area (Å²) < 4.78 is 7.06. The molecule has 1 fully saturated rings. The highest BCUT2D eigenvalue weighted by Gasteiger charge is 2.18. The second-order valence-electron chi connectivity index (χ2n) is 6.03. The average Bonchev–Trinajstić information content (AvgIpc) is 2.83. The number of rotatable bonds is 7. The zero-order chi connectivity index (χ0) is 15.1. The smallest absolute Gasteiger partial charge is 0.0587 e. The molecule has 1 aliphatic carbocycles. The van der Waals surface area contributed by atoms with Gasteiger partial charge in [0.15, 0.2) is 0 Å². The molecular weight excluding hydrogens is 262 g/mol. The Balaban J connectivity index is 2.08. The second-order valence-corrected chi connectivity index (χ2v) is 6.03. The predicted octanol–water partition coefficient (Wildman–Crippen LogP) is 2.93. The van der Waals surface area contributed by atoms with Gasteiger partial charge < -0.3 is 10.1 Å². The summed E-state index contributed by atoms with van der Waals surface area (Å²) in [5.41, 5.74) is 4.02. The quantitative estimate of drug-likeness (QED) is 0.785. The average molecular weight is 291 g/mol. The maximum atomic E-state index is 5.11. The third-order valence-electron chi connectivity index (χ3n) is 4.56. The Hall–Kier alpha value is -1.13. The van der Waals surface area contributed by atoms with Crippen molar-refractivity contribution in [3.63, 3.8) is 0 Å². The van der Waals surface area contributed by atoms with Gasteiger partial charge in [-0.2, -0.15) is 5.10 Å². The topological polar surface area (TPSA) is 39.1 Å². The molecule has 4 nitrogen and oxygen atoms in total. The first-order valence-corrected chi connectivity index (χ1v) is 8.11. The maximum absolute atomic E-state index is 5.11. The number of hydrogen-bond acceptors (Lipinski definition) is 3. The van der Waals surface area contributed by atoms with E-state index in [1.54, 1.807) is 7.11 Å². The number of aromatic nitrogens is 2. The lowest BCUT2D eigenvalue weighted by atomic mass is 9.83. The first kappa shape index (κ1) is 16.2. The number of aryl methyl sites for hydroxylation is 1. The van der Waals surface area contributed by atoms with Gasteiger partial charge in [-0.3, -0.25) is 4.68 Å². The summed E-state index contributed by atoms with van der Waals surface area (Å²) in [6.45, 7) is 4.77. The van der Waals surface area contributed by atoms with Crippen LogP contribution in [0.4, 0.5) is 0 Å². The van der Waals surface area contributed by atoms with Crippen LogP contribution in [0.3, 0.4) is 0 Å². The van der Waals surface area contributed by atoms with E-state index < -0.39 is 0 Å². The molecule has 0 unspecified atom stereocenters. The standard InChI is InChI=1S/C17H29N3O/c1-14-16(13-19-20(14)2)11-17(12-18-9-10-21-3)15-7-5-4-6-8-15/h11,13,15,18H,4-10,12H2,1-3H3. The summed E-state index contributed by atoms with van der Waals surface area (Å²) in [5, 5.41) is 7.87. The van der Waals surface area contributed by atoms with Crippen LogP contribution in [-0.4, -0.2) is 36.6 Å². The largest absolute Gasteiger partial charge is 0.383 e. The van der Waals surface area contributed by atoms with Gasteiger partial charge in [0.25, 0.3) is 0 Å². The van der Waals surface area contributed by atoms with E-state index in [1.165, 1.54) is 48.9 Å². The van der Waals surface area contributed by atoms with E-state index in [9.17, 15) is 0 Å². The van der Waals surface area contributed by atoms with Gasteiger partial charge in [0.2, 0.25) is 0 Å². The van der Waals surface area contributed by atoms with Gasteiger partial charge in [0, 0.05) is 38.5 Å². The van der Waals surface area contributed by atoms with E-state index in [0.717, 1.165) is 25.6 Å². The maximum Gasteiger partial charge on any atom is 0.0587 e. The van der Waals surface area contributed by atoms with Crippen molar-refractivity contribution in [1.29, 1.82) is 0 Å². The molecule has 1 heterocycles. The minimum atomic E-state index is 0.730. The normalized spacial score (nSPS) is 17.4. The lowest BCUT2D eigenvalue weighted by Gasteiger charge is -2.25. The van der Waals surface area contributed by atoms with Crippen molar-refractivity contribution in [3.05, 3.63) is 23.0 Å². The minimum Gasteiger partial charge on any atom is -0.383 e. The molecule has 1 N–H and O–H groups in total. The summed E-state index contributed by atoms with van der Waals surface area (Å²) >= 11 is 0. The molecule has 4 heteroatoms. The molecule has 0 aromatic carbocycles. The molecule has 2 rings (SSSR count). The van der Waals surface area contributed by atoms with Crippen LogP contribution in [0, 0.1) is 12.8 Å². The monoisotopic (exact) mass is 291 g/mol. The SMILES string of the molecule is COCCNCC(=Cc1cnn(C)c1C)C1CCCCC1. The fourth-order valence-corrected chi connectivity index (χ4v) is 3.05. The Morgan fingerprint density at radius 1 is 1.43 bits per heavy atom. The third-order valence-corrected chi connectivity index (χ3v) is 4.56. The van der Waals surface area contributed by atoms with Gasteiger partial charge in [-0.25, -0.2) is 0 Å². The van der Waals surface area contributed by atoms with E-state index in [0.29, 0.717) is 0 Å². The van der Waals surface area contributed by atoms with Crippen molar-refractivity contribution in [2.24, 2.45) is 13.0 Å². The Morgan fingerprint density at radius 2 is 2.19 bits per heavy atom. The number of ether oxygens (including phenoxy) is 1. The van der Waals surface area contributed by atoms with Gasteiger partial charge in [0.05, 0.1) is 12.8 Å². The van der Waals surface area contributed by atoms with E-state index >= 15 is 0 Å². The van der Waals surface area contributed by atoms with Crippen LogP contribution in [0.25, 0.3) is 6.08 Å². The van der Waals surface area contributed by atoms with E-state index in [1.807, 2.05) is 17.9 Å². The number of nitrogens with one attached hydrogen (secondary N) is 1. The zero-order valence-electron chi connectivity index (χ0n) is 13.7. The first-order valence-electron chi connectivity index (χ1n) is 8.11. The van der Waals surface area contributed by atoms with Crippen LogP contribution in [0.5, 0.6) is 0 Å². The van der Waals surface area contributed by atoms with Crippen LogP contribution in [-0.2, 0) is 11.8 Å². The summed E-state index contributed by atoms with van der Waals surface area (Å²) in [5.74, 6) is 0.730. The molecule has 0 bridgehead atoms. The first-order chi connectivity index (χ1) is 10.2. The van der Waals surface area contributed by atoms with Crippen LogP contribution >= 0.6 is 0 Å². The van der Waals surface area contributed by atoms with Gasteiger partial charge in [-0.05, 0) is 25.7 Å². The molecule has 0 spiro atoms. The minimum absolute atomic E-state index is 0.730. The van der Waals surface area contributed by atoms with Gasteiger partial charge in [-0.15, -0.1) is 0 Å². The van der Waals surface area contributed by atoms with Crippen molar-refractivity contribution < 1.29 is 4.74 Å². The Bertz CT molecular complexity index is 459. The molecule has 0 aliphatic heterocycles. The second kappa shape index (κ2) is 8.35. The molecule has 21 heavy (non-hydrogen) atoms. The van der Waals surface area contributed by atoms with Crippen molar-refractivity contribution in [2.75, 3.05) is 26.8 Å². The fraction of sp³-hybridized carbons (Fsp3) is 0.706. The van der Waals surface area contributed by atoms with Gasteiger partial charge in [-0.1, -0.05) is 30.9 Å². The molecule has 0 amide bonds. The van der Waals surface area contributed by atoms with Crippen LogP contribution in [0.2, 0.25) is 0 Å². The van der Waals surface area contributed by atoms with Crippen LogP contribution < -0.4 is 5.32 Å². The molecule has 0 saturated heterocycles. The predicted molar refractivity (Wildman–Crippen MR) is 87.2 cm³/mol. The van der Waals surface area contributed by atoms with Gasteiger partial charge in [0.1, 0.15) is 0 Å². The molecule has 118 valence electrons. The highest BCUT2D eigenvalue weighted by atomic mass is 16.5. The molecule has 1 aromatic heterocycles. The third kappa shape index (κ3) is 4.68. The fourth-order valence-electron chi connectivity index (χ4n) is 3.05. The van der Waals surface area contributed by atoms with Crippen LogP contribution in [0.15, 0.2) is 11.8 Å². The van der Waals surface area contributed by atoms with Gasteiger partial charge >= 0.3 is 0 Å². The van der Waals surface area contributed by atoms with E-state index in [2.05, 4.69) is 23.4 Å². The zero-order valence-corrected chi connectivity index (χ0v) is 13.7. The lowest BCUT2D eigenvalue weighted by molar-refractivity contribution is 0.200. The molecule has 0 radical (unpaired) electrons. The number of nitrogens with zero attached hydrogens (tertiary/aromatic N) is 2. The molecule has 1 aromatic rings. The number of hydrogen-bond donors (Lipinski definition) is 1. The molecule has 0 atom stereocenters. The van der Waals surface area contributed by atoms with Crippen molar-refractivity contribution in [2.45, 2.75) is 39.0 Å². The summed E-state index contributed by atoms with van der Waals surface area (Å²) in [6, 6.07) is 0. The molecular formula is C17H29N3O. The van der Waals surface area contributed by atoms with Crippen LogP contribution in [0.1, 0.15) is 43.4 Å². The van der Waals surface area contributed by atoms with Crippen molar-refractivity contribution >= 4 is 6.08 Å². The highest BCUT2D eigenvalue weighted by molar-refractivity contribution is 5.55. The number of methoxy groups -OCH3 is 1. The summed E-state index contributed by atoms with van der Waals surface area (Å²) in [4.78, 5) is 0. The Labute approximate surface area is 128 Å². The van der Waals surface area contributed by atoms with Crippen molar-refractivity contribution in [3.8, 4) is 0 Å². The lowest BCUT2D eigenvalue weighted by Crippen LogP contribution is -2.25.